The van der Waals surface area contributed by atoms with Crippen molar-refractivity contribution < 1.29 is 23.7 Å². The van der Waals surface area contributed by atoms with E-state index in [1.807, 2.05) is 59.5 Å². The van der Waals surface area contributed by atoms with Gasteiger partial charge in [0.05, 0.1) is 20.3 Å². The Kier molecular flexibility index (Phi) is 7.80. The second-order valence-corrected chi connectivity index (χ2v) is 8.90. The van der Waals surface area contributed by atoms with E-state index in [0.29, 0.717) is 42.7 Å². The minimum Gasteiger partial charge on any atom is -0.493 e. The smallest absolute Gasteiger partial charge is 0.261 e. The molecule has 4 rings (SSSR count). The number of para-hydroxylation sites is 1. The fourth-order valence-electron chi connectivity index (χ4n) is 4.38. The zero-order valence-corrected chi connectivity index (χ0v) is 20.8. The second-order valence-electron chi connectivity index (χ2n) is 8.90. The molecule has 184 valence electrons. The van der Waals surface area contributed by atoms with E-state index in [-0.39, 0.29) is 18.6 Å². The van der Waals surface area contributed by atoms with Crippen molar-refractivity contribution in [2.75, 3.05) is 34.0 Å². The molecule has 0 spiro atoms. The summed E-state index contributed by atoms with van der Waals surface area (Å²) in [6.07, 6.45) is 0.715. The van der Waals surface area contributed by atoms with E-state index in [1.165, 1.54) is 5.56 Å². The molecule has 3 aromatic rings. The molecule has 0 N–H and O–H groups in total. The molecule has 35 heavy (non-hydrogen) atoms. The van der Waals surface area contributed by atoms with Gasteiger partial charge >= 0.3 is 0 Å². The van der Waals surface area contributed by atoms with E-state index >= 15 is 0 Å². The van der Waals surface area contributed by atoms with Crippen LogP contribution < -0.4 is 18.9 Å². The van der Waals surface area contributed by atoms with Crippen LogP contribution in [0.4, 0.5) is 0 Å². The first-order valence-corrected chi connectivity index (χ1v) is 11.9. The van der Waals surface area contributed by atoms with Crippen molar-refractivity contribution in [1.29, 1.82) is 0 Å². The molecule has 0 radical (unpaired) electrons. The molecule has 1 amide bonds. The number of hydrogen-bond acceptors (Lipinski definition) is 5. The van der Waals surface area contributed by atoms with Crippen LogP contribution in [0.3, 0.4) is 0 Å². The van der Waals surface area contributed by atoms with Gasteiger partial charge in [-0.25, -0.2) is 0 Å². The molecule has 1 heterocycles. The van der Waals surface area contributed by atoms with Crippen molar-refractivity contribution >= 4 is 5.91 Å². The second kappa shape index (κ2) is 11.2. The topological polar surface area (TPSA) is 57.2 Å². The third-order valence-electron chi connectivity index (χ3n) is 6.38. The first-order chi connectivity index (χ1) is 17.0. The Labute approximate surface area is 207 Å². The van der Waals surface area contributed by atoms with Crippen LogP contribution in [0.5, 0.6) is 23.0 Å². The minimum absolute atomic E-state index is 0.0355. The van der Waals surface area contributed by atoms with E-state index in [9.17, 15) is 4.79 Å². The standard InChI is InChI=1S/C29H33NO5/c1-20(2)21-10-12-24(13-11-21)34-18-26-25-17-28(33-4)27(32-3)16-22(25)14-15-30(26)29(31)19-35-23-8-6-5-7-9-23/h5-13,16-17,20,26H,14-15,18-19H2,1-4H3. The SMILES string of the molecule is COc1cc2c(cc1OC)C(COc1ccc(C(C)C)cc1)N(C(=O)COc1ccccc1)CC2. The van der Waals surface area contributed by atoms with Gasteiger partial charge in [-0.05, 0) is 65.4 Å². The molecule has 6 nitrogen and oxygen atoms in total. The van der Waals surface area contributed by atoms with Gasteiger partial charge in [-0.3, -0.25) is 4.79 Å². The molecule has 1 unspecified atom stereocenters. The molecule has 1 atom stereocenters. The maximum atomic E-state index is 13.3. The summed E-state index contributed by atoms with van der Waals surface area (Å²) in [5.74, 6) is 3.12. The molecule has 1 aliphatic rings. The van der Waals surface area contributed by atoms with Crippen LogP contribution >= 0.6 is 0 Å². The Bertz CT molecular complexity index is 1130. The van der Waals surface area contributed by atoms with Crippen LogP contribution in [-0.2, 0) is 11.2 Å². The highest BCUT2D eigenvalue weighted by molar-refractivity contribution is 5.79. The van der Waals surface area contributed by atoms with Crippen LogP contribution in [0.15, 0.2) is 66.7 Å². The summed E-state index contributed by atoms with van der Waals surface area (Å²) >= 11 is 0. The molecule has 3 aromatic carbocycles. The highest BCUT2D eigenvalue weighted by Gasteiger charge is 2.33. The van der Waals surface area contributed by atoms with Crippen molar-refractivity contribution in [1.82, 2.24) is 4.90 Å². The summed E-state index contributed by atoms with van der Waals surface area (Å²) in [6.45, 7) is 5.18. The number of carbonyl (C=O) groups is 1. The molecular weight excluding hydrogens is 442 g/mol. The average molecular weight is 476 g/mol. The lowest BCUT2D eigenvalue weighted by Crippen LogP contribution is -2.44. The fraction of sp³-hybridized carbons (Fsp3) is 0.345. The lowest BCUT2D eigenvalue weighted by molar-refractivity contribution is -0.137. The van der Waals surface area contributed by atoms with Gasteiger partial charge in [-0.1, -0.05) is 44.2 Å². The number of carbonyl (C=O) groups excluding carboxylic acids is 1. The number of benzene rings is 3. The Balaban J connectivity index is 1.58. The lowest BCUT2D eigenvalue weighted by atomic mass is 9.92. The Morgan fingerprint density at radius 2 is 1.57 bits per heavy atom. The predicted octanol–water partition coefficient (Wildman–Crippen LogP) is 5.41. The highest BCUT2D eigenvalue weighted by Crippen LogP contribution is 2.38. The predicted molar refractivity (Wildman–Crippen MR) is 136 cm³/mol. The van der Waals surface area contributed by atoms with Crippen LogP contribution in [0.1, 0.15) is 42.5 Å². The lowest BCUT2D eigenvalue weighted by Gasteiger charge is -2.37. The first-order valence-electron chi connectivity index (χ1n) is 11.9. The molecule has 0 saturated heterocycles. The summed E-state index contributed by atoms with van der Waals surface area (Å²) in [5.41, 5.74) is 3.38. The van der Waals surface area contributed by atoms with Crippen LogP contribution in [0.2, 0.25) is 0 Å². The van der Waals surface area contributed by atoms with Gasteiger partial charge in [0.25, 0.3) is 5.91 Å². The van der Waals surface area contributed by atoms with E-state index in [4.69, 9.17) is 18.9 Å². The van der Waals surface area contributed by atoms with Crippen molar-refractivity contribution in [3.63, 3.8) is 0 Å². The summed E-state index contributed by atoms with van der Waals surface area (Å²) in [7, 11) is 3.25. The first kappa shape index (κ1) is 24.5. The van der Waals surface area contributed by atoms with Gasteiger partial charge in [-0.15, -0.1) is 0 Å². The normalized spacial score (nSPS) is 14.9. The number of nitrogens with zero attached hydrogens (tertiary/aromatic N) is 1. The van der Waals surface area contributed by atoms with E-state index in [2.05, 4.69) is 26.0 Å². The van der Waals surface area contributed by atoms with Crippen molar-refractivity contribution in [2.45, 2.75) is 32.2 Å². The zero-order valence-electron chi connectivity index (χ0n) is 20.8. The summed E-state index contributed by atoms with van der Waals surface area (Å²) in [5, 5.41) is 0. The molecule has 0 fully saturated rings. The number of rotatable bonds is 9. The number of methoxy groups -OCH3 is 2. The average Bonchev–Trinajstić information content (AvgIpc) is 2.90. The van der Waals surface area contributed by atoms with Gasteiger partial charge in [0.2, 0.25) is 0 Å². The maximum Gasteiger partial charge on any atom is 0.261 e. The van der Waals surface area contributed by atoms with Gasteiger partial charge in [0.15, 0.2) is 18.1 Å². The monoisotopic (exact) mass is 475 g/mol. The van der Waals surface area contributed by atoms with Gasteiger partial charge in [-0.2, -0.15) is 0 Å². The Morgan fingerprint density at radius 3 is 2.23 bits per heavy atom. The Morgan fingerprint density at radius 1 is 0.914 bits per heavy atom. The molecule has 0 aliphatic carbocycles. The highest BCUT2D eigenvalue weighted by atomic mass is 16.5. The minimum atomic E-state index is -0.282. The zero-order chi connectivity index (χ0) is 24.8. The van der Waals surface area contributed by atoms with Crippen molar-refractivity contribution in [3.05, 3.63) is 83.4 Å². The quantitative estimate of drug-likeness (QED) is 0.414. The molecule has 0 bridgehead atoms. The maximum absolute atomic E-state index is 13.3. The summed E-state index contributed by atoms with van der Waals surface area (Å²) in [6, 6.07) is 21.2. The third kappa shape index (κ3) is 5.70. The van der Waals surface area contributed by atoms with Crippen molar-refractivity contribution in [3.8, 4) is 23.0 Å². The fourth-order valence-corrected chi connectivity index (χ4v) is 4.38. The number of hydrogen-bond donors (Lipinski definition) is 0. The van der Waals surface area contributed by atoms with E-state index in [1.54, 1.807) is 14.2 Å². The van der Waals surface area contributed by atoms with Gasteiger partial charge in [0, 0.05) is 6.54 Å². The number of fused-ring (bicyclic) bond motifs is 1. The molecule has 1 aliphatic heterocycles. The molecule has 6 heteroatoms. The number of ether oxygens (including phenoxy) is 4. The third-order valence-corrected chi connectivity index (χ3v) is 6.38. The summed E-state index contributed by atoms with van der Waals surface area (Å²) in [4.78, 5) is 15.1. The Hall–Kier alpha value is -3.67. The molecular formula is C29H33NO5. The van der Waals surface area contributed by atoms with Gasteiger partial charge < -0.3 is 23.8 Å². The number of amides is 1. The van der Waals surface area contributed by atoms with E-state index < -0.39 is 0 Å². The van der Waals surface area contributed by atoms with E-state index in [0.717, 1.165) is 16.9 Å². The van der Waals surface area contributed by atoms with Crippen molar-refractivity contribution in [2.24, 2.45) is 0 Å². The van der Waals surface area contributed by atoms with Crippen LogP contribution in [0.25, 0.3) is 0 Å². The largest absolute Gasteiger partial charge is 0.493 e. The molecule has 0 aromatic heterocycles. The van der Waals surface area contributed by atoms with Gasteiger partial charge in [0.1, 0.15) is 18.1 Å². The molecule has 0 saturated carbocycles. The van der Waals surface area contributed by atoms with Crippen LogP contribution in [0, 0.1) is 0 Å². The summed E-state index contributed by atoms with van der Waals surface area (Å²) < 4.78 is 23.0. The van der Waals surface area contributed by atoms with Crippen LogP contribution in [-0.4, -0.2) is 44.8 Å².